The van der Waals surface area contributed by atoms with Crippen molar-refractivity contribution in [1.29, 1.82) is 0 Å². The van der Waals surface area contributed by atoms with Gasteiger partial charge in [-0.15, -0.1) is 0 Å². The van der Waals surface area contributed by atoms with Gasteiger partial charge in [0.15, 0.2) is 5.69 Å². The Hall–Kier alpha value is -4.23. The van der Waals surface area contributed by atoms with Crippen molar-refractivity contribution >= 4 is 51.9 Å². The highest BCUT2D eigenvalue weighted by Gasteiger charge is 2.34. The number of carbonyl (C=O) groups is 4. The molecule has 0 bridgehead atoms. The number of rotatable bonds is 9. The van der Waals surface area contributed by atoms with E-state index in [0.717, 1.165) is 25.7 Å². The monoisotopic (exact) mass is 598 g/mol. The maximum atomic E-state index is 14.2. The predicted molar refractivity (Wildman–Crippen MR) is 154 cm³/mol. The van der Waals surface area contributed by atoms with Crippen LogP contribution in [0.5, 0.6) is 0 Å². The molecule has 42 heavy (non-hydrogen) atoms. The average molecular weight is 599 g/mol. The summed E-state index contributed by atoms with van der Waals surface area (Å²) in [4.78, 5) is 54.1. The number of hydrogen-bond acceptors (Lipinski definition) is 6. The van der Waals surface area contributed by atoms with Crippen LogP contribution in [0.1, 0.15) is 41.7 Å². The number of fused-ring (bicyclic) bond motifs is 1. The predicted octanol–water partition coefficient (Wildman–Crippen LogP) is 2.19. The fourth-order valence-corrected chi connectivity index (χ4v) is 5.27. The van der Waals surface area contributed by atoms with E-state index in [9.17, 15) is 23.6 Å². The van der Waals surface area contributed by atoms with E-state index in [1.165, 1.54) is 21.7 Å². The Balaban J connectivity index is 1.28. The van der Waals surface area contributed by atoms with Gasteiger partial charge >= 0.3 is 6.03 Å². The van der Waals surface area contributed by atoms with Crippen LogP contribution in [0.15, 0.2) is 36.4 Å². The van der Waals surface area contributed by atoms with Crippen molar-refractivity contribution in [3.63, 3.8) is 0 Å². The molecule has 1 atom stereocenters. The topological polar surface area (TPSA) is 169 Å². The van der Waals surface area contributed by atoms with Crippen molar-refractivity contribution < 1.29 is 23.6 Å². The van der Waals surface area contributed by atoms with E-state index in [1.54, 1.807) is 29.2 Å². The largest absolute Gasteiger partial charge is 0.364 e. The van der Waals surface area contributed by atoms with E-state index >= 15 is 0 Å². The zero-order valence-corrected chi connectivity index (χ0v) is 23.6. The molecule has 0 spiro atoms. The molecule has 2 fully saturated rings. The second-order valence-electron chi connectivity index (χ2n) is 10.6. The van der Waals surface area contributed by atoms with Gasteiger partial charge in [-0.25, -0.2) is 9.18 Å². The number of piperidine rings is 1. The maximum absolute atomic E-state index is 14.2. The Labute approximate surface area is 246 Å². The molecular formula is C28H32ClFN8O4. The summed E-state index contributed by atoms with van der Waals surface area (Å²) in [5.41, 5.74) is 12.7. The minimum atomic E-state index is -0.789. The van der Waals surface area contributed by atoms with Gasteiger partial charge in [0.05, 0.1) is 17.1 Å². The third kappa shape index (κ3) is 6.63. The normalized spacial score (nSPS) is 16.7. The summed E-state index contributed by atoms with van der Waals surface area (Å²) in [7, 11) is 0. The summed E-state index contributed by atoms with van der Waals surface area (Å²) in [5.74, 6) is -2.22. The standard InChI is InChI=1S/C28H32ClFN8O4/c29-21-5-1-3-16(25(21)30)12-33-23(39)14-37(19-7-8-19)24(40)15-38-22-9-6-18(11-20(22)26(35-38)27(32)41)34-28(42)36-10-2-4-17(31)13-36/h1,3,5-6,9,11,17,19H,2,4,7-8,10,12-15,31H2,(H2,32,41)(H,33,39)(H,34,42)/t17-/m1/s1. The zero-order chi connectivity index (χ0) is 30.0. The molecule has 1 saturated heterocycles. The van der Waals surface area contributed by atoms with Crippen LogP contribution in [-0.4, -0.2) is 75.1 Å². The number of nitrogens with two attached hydrogens (primary N) is 2. The van der Waals surface area contributed by atoms with E-state index < -0.39 is 17.6 Å². The van der Waals surface area contributed by atoms with Crippen molar-refractivity contribution in [2.24, 2.45) is 11.5 Å². The van der Waals surface area contributed by atoms with Gasteiger partial charge in [-0.05, 0) is 49.9 Å². The van der Waals surface area contributed by atoms with Crippen LogP contribution in [0.3, 0.4) is 0 Å². The number of nitrogens with one attached hydrogen (secondary N) is 2. The summed E-state index contributed by atoms with van der Waals surface area (Å²) in [6, 6.07) is 8.93. The lowest BCUT2D eigenvalue weighted by molar-refractivity contribution is -0.137. The number of nitrogens with zero attached hydrogens (tertiary/aromatic N) is 4. The van der Waals surface area contributed by atoms with Crippen molar-refractivity contribution in [1.82, 2.24) is 24.9 Å². The molecule has 2 aliphatic rings. The first-order chi connectivity index (χ1) is 20.1. The zero-order valence-electron chi connectivity index (χ0n) is 22.8. The Kier molecular flexibility index (Phi) is 8.59. The van der Waals surface area contributed by atoms with Crippen molar-refractivity contribution in [3.8, 4) is 0 Å². The minimum absolute atomic E-state index is 0.0421. The number of aromatic nitrogens is 2. The highest BCUT2D eigenvalue weighted by Crippen LogP contribution is 2.28. The maximum Gasteiger partial charge on any atom is 0.321 e. The highest BCUT2D eigenvalue weighted by molar-refractivity contribution is 6.30. The van der Waals surface area contributed by atoms with E-state index in [2.05, 4.69) is 15.7 Å². The van der Waals surface area contributed by atoms with Gasteiger partial charge in [-0.2, -0.15) is 5.10 Å². The number of primary amides is 1. The fraction of sp³-hybridized carbons (Fsp3) is 0.393. The average Bonchev–Trinajstić information content (AvgIpc) is 3.74. The first kappa shape index (κ1) is 29.3. The molecule has 5 rings (SSSR count). The molecule has 0 radical (unpaired) electrons. The van der Waals surface area contributed by atoms with Crippen LogP contribution in [0.25, 0.3) is 10.9 Å². The number of benzene rings is 2. The molecule has 2 heterocycles. The van der Waals surface area contributed by atoms with Crippen LogP contribution >= 0.6 is 11.6 Å². The Morgan fingerprint density at radius 1 is 1.14 bits per heavy atom. The SMILES string of the molecule is NC(=O)c1nn(CC(=O)N(CC(=O)NCc2cccc(Cl)c2F)C2CC2)c2ccc(NC(=O)N3CCC[C@@H](N)C3)cc12. The van der Waals surface area contributed by atoms with Crippen LogP contribution in [0.2, 0.25) is 5.02 Å². The third-order valence-electron chi connectivity index (χ3n) is 7.39. The van der Waals surface area contributed by atoms with Crippen LogP contribution in [0.4, 0.5) is 14.9 Å². The van der Waals surface area contributed by atoms with Gasteiger partial charge in [0.2, 0.25) is 11.8 Å². The molecule has 5 amide bonds. The van der Waals surface area contributed by atoms with Crippen LogP contribution in [-0.2, 0) is 22.7 Å². The van der Waals surface area contributed by atoms with Gasteiger partial charge < -0.3 is 31.9 Å². The van der Waals surface area contributed by atoms with Gasteiger partial charge in [-0.1, -0.05) is 23.7 Å². The van der Waals surface area contributed by atoms with Crippen LogP contribution in [0, 0.1) is 5.82 Å². The summed E-state index contributed by atoms with van der Waals surface area (Å²) >= 11 is 5.81. The van der Waals surface area contributed by atoms with Crippen molar-refractivity contribution in [2.75, 3.05) is 25.0 Å². The lowest BCUT2D eigenvalue weighted by Crippen LogP contribution is -2.47. The lowest BCUT2D eigenvalue weighted by Gasteiger charge is -2.30. The van der Waals surface area contributed by atoms with E-state index in [4.69, 9.17) is 23.1 Å². The van der Waals surface area contributed by atoms with E-state index in [-0.39, 0.29) is 59.9 Å². The van der Waals surface area contributed by atoms with Gasteiger partial charge in [0.1, 0.15) is 12.4 Å². The molecule has 1 aliphatic carbocycles. The Morgan fingerprint density at radius 3 is 2.64 bits per heavy atom. The number of likely N-dealkylation sites (tertiary alicyclic amines) is 1. The number of urea groups is 1. The van der Waals surface area contributed by atoms with Crippen molar-refractivity contribution in [2.45, 2.75) is 50.9 Å². The molecule has 0 unspecified atom stereocenters. The summed E-state index contributed by atoms with van der Waals surface area (Å²) in [6.07, 6.45) is 3.18. The first-order valence-corrected chi connectivity index (χ1v) is 14.1. The second kappa shape index (κ2) is 12.3. The number of hydrogen-bond donors (Lipinski definition) is 4. The molecule has 12 nitrogen and oxygen atoms in total. The third-order valence-corrected chi connectivity index (χ3v) is 7.69. The lowest BCUT2D eigenvalue weighted by atomic mass is 10.1. The molecule has 3 aromatic rings. The molecule has 222 valence electrons. The molecule has 2 aromatic carbocycles. The highest BCUT2D eigenvalue weighted by atomic mass is 35.5. The number of carbonyl (C=O) groups excluding carboxylic acids is 4. The second-order valence-corrected chi connectivity index (χ2v) is 11.0. The molecule has 6 N–H and O–H groups in total. The van der Waals surface area contributed by atoms with E-state index in [1.807, 2.05) is 0 Å². The van der Waals surface area contributed by atoms with Gasteiger partial charge in [0.25, 0.3) is 5.91 Å². The molecule has 1 aliphatic heterocycles. The van der Waals surface area contributed by atoms with E-state index in [0.29, 0.717) is 29.7 Å². The molecule has 14 heteroatoms. The summed E-state index contributed by atoms with van der Waals surface area (Å²) in [6.45, 7) is 0.514. The quantitative estimate of drug-likeness (QED) is 0.294. The molecule has 1 aromatic heterocycles. The summed E-state index contributed by atoms with van der Waals surface area (Å²) < 4.78 is 15.5. The van der Waals surface area contributed by atoms with Gasteiger partial charge in [-0.3, -0.25) is 19.1 Å². The van der Waals surface area contributed by atoms with Crippen molar-refractivity contribution in [3.05, 3.63) is 58.5 Å². The van der Waals surface area contributed by atoms with Gasteiger partial charge in [0, 0.05) is 48.4 Å². The number of halogens is 2. The first-order valence-electron chi connectivity index (χ1n) is 13.7. The number of anilines is 1. The fourth-order valence-electron chi connectivity index (χ4n) is 5.07. The smallest absolute Gasteiger partial charge is 0.321 e. The Bertz CT molecular complexity index is 1540. The Morgan fingerprint density at radius 2 is 1.93 bits per heavy atom. The summed E-state index contributed by atoms with van der Waals surface area (Å²) in [5, 5.41) is 10.1. The molecule has 1 saturated carbocycles. The van der Waals surface area contributed by atoms with Crippen LogP contribution < -0.4 is 22.1 Å². The minimum Gasteiger partial charge on any atom is -0.364 e. The molecular weight excluding hydrogens is 567 g/mol. The number of amides is 5.